The maximum atomic E-state index is 12.4. The second kappa shape index (κ2) is 5.93. The molecule has 0 saturated heterocycles. The van der Waals surface area contributed by atoms with Gasteiger partial charge < -0.3 is 5.73 Å². The zero-order valence-corrected chi connectivity index (χ0v) is 13.9. The van der Waals surface area contributed by atoms with Crippen molar-refractivity contribution in [3.05, 3.63) is 51.0 Å². The Morgan fingerprint density at radius 3 is 2.19 bits per heavy atom. The fourth-order valence-electron chi connectivity index (χ4n) is 1.74. The van der Waals surface area contributed by atoms with Gasteiger partial charge in [-0.3, -0.25) is 4.72 Å². The number of hydrogen-bond donors (Lipinski definition) is 2. The number of hydrogen-bond acceptors (Lipinski definition) is 3. The molecule has 21 heavy (non-hydrogen) atoms. The maximum Gasteiger partial charge on any atom is 0.262 e. The Kier molecular flexibility index (Phi) is 4.58. The van der Waals surface area contributed by atoms with Crippen molar-refractivity contribution in [1.29, 1.82) is 0 Å². The third-order valence-electron chi connectivity index (χ3n) is 2.64. The molecule has 0 saturated carbocycles. The summed E-state index contributed by atoms with van der Waals surface area (Å²) < 4.78 is 27.1. The summed E-state index contributed by atoms with van der Waals surface area (Å²) in [5.41, 5.74) is 6.90. The summed E-state index contributed by atoms with van der Waals surface area (Å²) in [6.07, 6.45) is 0. The molecule has 0 aliphatic heterocycles. The van der Waals surface area contributed by atoms with Gasteiger partial charge in [-0.2, -0.15) is 0 Å². The lowest BCUT2D eigenvalue weighted by molar-refractivity contribution is 0.601. The molecule has 0 bridgehead atoms. The first-order valence-electron chi connectivity index (χ1n) is 5.73. The molecule has 0 aromatic heterocycles. The number of nitrogens with one attached hydrogen (secondary N) is 1. The molecular weight excluding hydrogens is 355 g/mol. The van der Waals surface area contributed by atoms with Crippen LogP contribution in [0.3, 0.4) is 0 Å². The van der Waals surface area contributed by atoms with Crippen LogP contribution in [0.2, 0.25) is 15.1 Å². The summed E-state index contributed by atoms with van der Waals surface area (Å²) in [5.74, 6) is 0. The highest BCUT2D eigenvalue weighted by Gasteiger charge is 2.17. The number of nitrogens with two attached hydrogens (primary N) is 1. The fraction of sp³-hybridized carbons (Fsp3) is 0.0769. The van der Waals surface area contributed by atoms with Crippen LogP contribution >= 0.6 is 34.8 Å². The van der Waals surface area contributed by atoms with Gasteiger partial charge in [-0.15, -0.1) is 0 Å². The Morgan fingerprint density at radius 2 is 1.57 bits per heavy atom. The van der Waals surface area contributed by atoms with E-state index in [0.29, 0.717) is 5.69 Å². The lowest BCUT2D eigenvalue weighted by Crippen LogP contribution is -2.14. The highest BCUT2D eigenvalue weighted by molar-refractivity contribution is 7.92. The normalized spacial score (nSPS) is 11.4. The van der Waals surface area contributed by atoms with E-state index in [-0.39, 0.29) is 25.7 Å². The first kappa shape index (κ1) is 16.2. The summed E-state index contributed by atoms with van der Waals surface area (Å²) in [6.45, 7) is 1.75. The molecule has 2 rings (SSSR count). The fourth-order valence-corrected chi connectivity index (χ4v) is 3.59. The van der Waals surface area contributed by atoms with E-state index in [1.54, 1.807) is 13.0 Å². The Morgan fingerprint density at radius 1 is 0.952 bits per heavy atom. The van der Waals surface area contributed by atoms with Crippen molar-refractivity contribution in [3.8, 4) is 0 Å². The van der Waals surface area contributed by atoms with Crippen LogP contribution in [0.15, 0.2) is 35.2 Å². The number of halogens is 3. The van der Waals surface area contributed by atoms with Gasteiger partial charge in [0.2, 0.25) is 0 Å². The summed E-state index contributed by atoms with van der Waals surface area (Å²) in [7, 11) is -3.83. The van der Waals surface area contributed by atoms with E-state index >= 15 is 0 Å². The van der Waals surface area contributed by atoms with Crippen LogP contribution in [-0.4, -0.2) is 8.42 Å². The predicted molar refractivity (Wildman–Crippen MR) is 87.9 cm³/mol. The molecule has 0 amide bonds. The van der Waals surface area contributed by atoms with Crippen LogP contribution in [0, 0.1) is 6.92 Å². The quantitative estimate of drug-likeness (QED) is 0.628. The SMILES string of the molecule is Cc1cc(N)cc(S(=O)(=O)Nc2cc(Cl)c(Cl)cc2Cl)c1. The molecular formula is C13H11Cl3N2O2S. The number of aryl methyl sites for hydroxylation is 1. The lowest BCUT2D eigenvalue weighted by atomic mass is 10.2. The minimum atomic E-state index is -3.83. The Hall–Kier alpha value is -1.14. The molecule has 0 spiro atoms. The topological polar surface area (TPSA) is 72.2 Å². The number of benzene rings is 2. The second-order valence-corrected chi connectivity index (χ2v) is 7.34. The second-order valence-electron chi connectivity index (χ2n) is 4.43. The van der Waals surface area contributed by atoms with E-state index in [0.717, 1.165) is 5.56 Å². The molecule has 0 aliphatic carbocycles. The van der Waals surface area contributed by atoms with Crippen molar-refractivity contribution in [2.24, 2.45) is 0 Å². The Labute approximate surface area is 137 Å². The molecule has 0 aliphatic rings. The van der Waals surface area contributed by atoms with Gasteiger partial charge in [-0.05, 0) is 42.8 Å². The van der Waals surface area contributed by atoms with Crippen LogP contribution < -0.4 is 10.5 Å². The van der Waals surface area contributed by atoms with Gasteiger partial charge in [0.1, 0.15) is 0 Å². The van der Waals surface area contributed by atoms with Gasteiger partial charge in [-0.25, -0.2) is 8.42 Å². The standard InChI is InChI=1S/C13H11Cl3N2O2S/c1-7-2-8(17)4-9(3-7)21(19,20)18-13-6-11(15)10(14)5-12(13)16/h2-6,18H,17H2,1H3. The molecule has 3 N–H and O–H groups in total. The summed E-state index contributed by atoms with van der Waals surface area (Å²) in [6, 6.07) is 7.26. The summed E-state index contributed by atoms with van der Waals surface area (Å²) in [4.78, 5) is 0.0436. The molecule has 0 unspecified atom stereocenters. The van der Waals surface area contributed by atoms with Crippen LogP contribution in [0.5, 0.6) is 0 Å². The van der Waals surface area contributed by atoms with Crippen LogP contribution in [0.4, 0.5) is 11.4 Å². The van der Waals surface area contributed by atoms with E-state index < -0.39 is 10.0 Å². The average Bonchev–Trinajstić information content (AvgIpc) is 2.34. The number of nitrogen functional groups attached to an aromatic ring is 1. The minimum absolute atomic E-state index is 0.0436. The monoisotopic (exact) mass is 364 g/mol. The van der Waals surface area contributed by atoms with Gasteiger partial charge in [0, 0.05) is 5.69 Å². The molecule has 2 aromatic rings. The van der Waals surface area contributed by atoms with Crippen molar-refractivity contribution in [1.82, 2.24) is 0 Å². The summed E-state index contributed by atoms with van der Waals surface area (Å²) in [5, 5.41) is 0.584. The molecule has 0 radical (unpaired) electrons. The molecule has 0 atom stereocenters. The highest BCUT2D eigenvalue weighted by Crippen LogP contribution is 2.33. The Balaban J connectivity index is 2.44. The lowest BCUT2D eigenvalue weighted by Gasteiger charge is -2.12. The largest absolute Gasteiger partial charge is 0.399 e. The van der Waals surface area contributed by atoms with E-state index in [9.17, 15) is 8.42 Å². The zero-order valence-electron chi connectivity index (χ0n) is 10.8. The van der Waals surface area contributed by atoms with Gasteiger partial charge in [0.05, 0.1) is 25.7 Å². The molecule has 112 valence electrons. The van der Waals surface area contributed by atoms with E-state index in [2.05, 4.69) is 4.72 Å². The summed E-state index contributed by atoms with van der Waals surface area (Å²) >= 11 is 17.6. The highest BCUT2D eigenvalue weighted by atomic mass is 35.5. The van der Waals surface area contributed by atoms with Gasteiger partial charge >= 0.3 is 0 Å². The molecule has 8 heteroatoms. The number of sulfonamides is 1. The van der Waals surface area contributed by atoms with E-state index in [1.807, 2.05) is 0 Å². The van der Waals surface area contributed by atoms with Gasteiger partial charge in [0.15, 0.2) is 0 Å². The number of rotatable bonds is 3. The molecule has 0 heterocycles. The Bertz CT molecular complexity index is 787. The van der Waals surface area contributed by atoms with Crippen LogP contribution in [-0.2, 0) is 10.0 Å². The maximum absolute atomic E-state index is 12.4. The van der Waals surface area contributed by atoms with E-state index in [1.165, 1.54) is 24.3 Å². The predicted octanol–water partition coefficient (Wildman–Crippen LogP) is 4.34. The molecule has 2 aromatic carbocycles. The smallest absolute Gasteiger partial charge is 0.262 e. The van der Waals surface area contributed by atoms with Crippen molar-refractivity contribution in [2.45, 2.75) is 11.8 Å². The third-order valence-corrected chi connectivity index (χ3v) is 5.02. The van der Waals surface area contributed by atoms with Crippen molar-refractivity contribution in [3.63, 3.8) is 0 Å². The first-order chi connectivity index (χ1) is 9.69. The van der Waals surface area contributed by atoms with Crippen molar-refractivity contribution >= 4 is 56.2 Å². The zero-order chi connectivity index (χ0) is 15.8. The van der Waals surface area contributed by atoms with Crippen molar-refractivity contribution in [2.75, 3.05) is 10.5 Å². The molecule has 4 nitrogen and oxygen atoms in total. The van der Waals surface area contributed by atoms with Crippen molar-refractivity contribution < 1.29 is 8.42 Å². The van der Waals surface area contributed by atoms with E-state index in [4.69, 9.17) is 40.5 Å². The van der Waals surface area contributed by atoms with Gasteiger partial charge in [0.25, 0.3) is 10.0 Å². The minimum Gasteiger partial charge on any atom is -0.399 e. The average molecular weight is 366 g/mol. The molecule has 0 fully saturated rings. The van der Waals surface area contributed by atoms with Gasteiger partial charge in [-0.1, -0.05) is 34.8 Å². The third kappa shape index (κ3) is 3.74. The van der Waals surface area contributed by atoms with Crippen LogP contribution in [0.1, 0.15) is 5.56 Å². The number of anilines is 2. The first-order valence-corrected chi connectivity index (χ1v) is 8.35. The van der Waals surface area contributed by atoms with Crippen LogP contribution in [0.25, 0.3) is 0 Å².